The van der Waals surface area contributed by atoms with Crippen LogP contribution in [-0.2, 0) is 19.7 Å². The molecule has 28 heavy (non-hydrogen) atoms. The van der Waals surface area contributed by atoms with Crippen LogP contribution in [0.3, 0.4) is 0 Å². The number of benzene rings is 1. The molecule has 0 saturated heterocycles. The van der Waals surface area contributed by atoms with Crippen LogP contribution in [-0.4, -0.2) is 34.3 Å². The fraction of sp³-hybridized carbons (Fsp3) is 0.222. The molecule has 0 fully saturated rings. The number of nitro benzene ring substituents is 1. The summed E-state index contributed by atoms with van der Waals surface area (Å²) in [5.41, 5.74) is -1.72. The number of amides is 2. The predicted octanol–water partition coefficient (Wildman–Crippen LogP) is 2.02. The number of anilines is 2. The minimum atomic E-state index is -1.72. The summed E-state index contributed by atoms with van der Waals surface area (Å²) in [5.74, 6) is -2.05. The Kier molecular flexibility index (Phi) is 4.78. The van der Waals surface area contributed by atoms with Crippen LogP contribution in [0.25, 0.3) is 0 Å². The number of nitrogens with one attached hydrogen (secondary N) is 2. The third-order valence-electron chi connectivity index (χ3n) is 4.45. The minimum absolute atomic E-state index is 0.0548. The van der Waals surface area contributed by atoms with Gasteiger partial charge in [-0.25, -0.2) is 0 Å². The molecule has 0 spiro atoms. The van der Waals surface area contributed by atoms with Gasteiger partial charge in [-0.1, -0.05) is 0 Å². The van der Waals surface area contributed by atoms with E-state index in [-0.39, 0.29) is 29.1 Å². The Labute approximate surface area is 159 Å². The first kappa shape index (κ1) is 19.0. The topological polar surface area (TPSA) is 141 Å². The van der Waals surface area contributed by atoms with E-state index in [9.17, 15) is 24.5 Å². The molecule has 1 unspecified atom stereocenters. The maximum absolute atomic E-state index is 12.4. The van der Waals surface area contributed by atoms with Crippen LogP contribution in [0.15, 0.2) is 36.7 Å². The summed E-state index contributed by atoms with van der Waals surface area (Å²) in [6.07, 6.45) is 2.83. The van der Waals surface area contributed by atoms with E-state index in [4.69, 9.17) is 4.74 Å². The predicted molar refractivity (Wildman–Crippen MR) is 97.9 cm³/mol. The Bertz CT molecular complexity index is 991. The first-order valence-corrected chi connectivity index (χ1v) is 8.32. The first-order valence-electron chi connectivity index (χ1n) is 8.32. The lowest BCUT2D eigenvalue weighted by Gasteiger charge is -2.19. The lowest BCUT2D eigenvalue weighted by atomic mass is 9.83. The average molecular weight is 384 g/mol. The molecule has 2 amide bonds. The molecule has 10 nitrogen and oxygen atoms in total. The number of nitro groups is 1. The lowest BCUT2D eigenvalue weighted by Crippen LogP contribution is -2.40. The number of pyridine rings is 1. The van der Waals surface area contributed by atoms with Crippen LogP contribution >= 0.6 is 0 Å². The van der Waals surface area contributed by atoms with Crippen molar-refractivity contribution in [2.45, 2.75) is 19.3 Å². The summed E-state index contributed by atoms with van der Waals surface area (Å²) in [4.78, 5) is 51.8. The Morgan fingerprint density at radius 2 is 2.00 bits per heavy atom. The molecule has 144 valence electrons. The zero-order chi connectivity index (χ0) is 20.5. The van der Waals surface area contributed by atoms with E-state index < -0.39 is 33.8 Å². The Hall–Kier alpha value is -3.82. The molecule has 1 aromatic carbocycles. The van der Waals surface area contributed by atoms with Crippen LogP contribution in [0.2, 0.25) is 0 Å². The minimum Gasteiger partial charge on any atom is -0.465 e. The summed E-state index contributed by atoms with van der Waals surface area (Å²) < 4.78 is 4.96. The van der Waals surface area contributed by atoms with Crippen molar-refractivity contribution in [2.75, 3.05) is 17.2 Å². The van der Waals surface area contributed by atoms with Gasteiger partial charge in [-0.2, -0.15) is 0 Å². The fourth-order valence-corrected chi connectivity index (χ4v) is 2.90. The van der Waals surface area contributed by atoms with Crippen LogP contribution in [0.1, 0.15) is 29.8 Å². The molecule has 0 radical (unpaired) electrons. The number of aromatic nitrogens is 1. The van der Waals surface area contributed by atoms with Crippen LogP contribution in [0, 0.1) is 10.1 Å². The molecule has 1 atom stereocenters. The Morgan fingerprint density at radius 1 is 1.32 bits per heavy atom. The highest BCUT2D eigenvalue weighted by molar-refractivity contribution is 6.19. The molecule has 1 aliphatic rings. The molecule has 0 bridgehead atoms. The molecule has 3 rings (SSSR count). The number of carbonyl (C=O) groups is 3. The smallest absolute Gasteiger partial charge is 0.326 e. The second-order valence-corrected chi connectivity index (χ2v) is 6.16. The van der Waals surface area contributed by atoms with Gasteiger partial charge in [0.15, 0.2) is 5.41 Å². The van der Waals surface area contributed by atoms with E-state index in [0.29, 0.717) is 0 Å². The number of hydrogen-bond acceptors (Lipinski definition) is 7. The second kappa shape index (κ2) is 7.06. The van der Waals surface area contributed by atoms with Crippen molar-refractivity contribution in [1.29, 1.82) is 0 Å². The highest BCUT2D eigenvalue weighted by atomic mass is 16.6. The third kappa shape index (κ3) is 3.04. The molecule has 2 N–H and O–H groups in total. The van der Waals surface area contributed by atoms with Gasteiger partial charge in [0.05, 0.1) is 11.5 Å². The normalized spacial score (nSPS) is 17.4. The highest BCUT2D eigenvalue weighted by Gasteiger charge is 2.51. The summed E-state index contributed by atoms with van der Waals surface area (Å²) in [7, 11) is 0. The third-order valence-corrected chi connectivity index (χ3v) is 4.45. The first-order chi connectivity index (χ1) is 13.3. The van der Waals surface area contributed by atoms with Gasteiger partial charge in [0.1, 0.15) is 5.69 Å². The van der Waals surface area contributed by atoms with E-state index in [1.54, 1.807) is 6.92 Å². The maximum Gasteiger partial charge on any atom is 0.326 e. The van der Waals surface area contributed by atoms with Gasteiger partial charge in [-0.3, -0.25) is 29.5 Å². The van der Waals surface area contributed by atoms with Crippen LogP contribution < -0.4 is 10.6 Å². The number of fused-ring (bicyclic) bond motifs is 1. The van der Waals surface area contributed by atoms with E-state index in [1.165, 1.54) is 37.5 Å². The number of hydrogen-bond donors (Lipinski definition) is 2. The lowest BCUT2D eigenvalue weighted by molar-refractivity contribution is -0.384. The summed E-state index contributed by atoms with van der Waals surface area (Å²) >= 11 is 0. The fourth-order valence-electron chi connectivity index (χ4n) is 2.90. The van der Waals surface area contributed by atoms with Gasteiger partial charge in [-0.05, 0) is 32.0 Å². The van der Waals surface area contributed by atoms with Crippen molar-refractivity contribution < 1.29 is 24.0 Å². The standard InChI is InChI=1S/C18H16N4O6/c1-3-28-17(25)18(2)11-8-14(22(26)27)13(9-12(11)21-16(18)24)20-15(23)10-4-6-19-7-5-10/h4-9H,3H2,1-2H3,(H,20,23)(H,21,24). The summed E-state index contributed by atoms with van der Waals surface area (Å²) in [5, 5.41) is 16.5. The van der Waals surface area contributed by atoms with E-state index in [1.807, 2.05) is 0 Å². The van der Waals surface area contributed by atoms with Crippen molar-refractivity contribution in [3.05, 3.63) is 57.9 Å². The molecule has 0 aliphatic carbocycles. The van der Waals surface area contributed by atoms with Gasteiger partial charge in [0.2, 0.25) is 5.91 Å². The van der Waals surface area contributed by atoms with Gasteiger partial charge in [-0.15, -0.1) is 0 Å². The molecule has 1 aliphatic heterocycles. The second-order valence-electron chi connectivity index (χ2n) is 6.16. The largest absolute Gasteiger partial charge is 0.465 e. The molecule has 2 heterocycles. The van der Waals surface area contributed by atoms with Crippen molar-refractivity contribution in [2.24, 2.45) is 0 Å². The number of ether oxygens (including phenoxy) is 1. The van der Waals surface area contributed by atoms with Gasteiger partial charge < -0.3 is 15.4 Å². The number of rotatable bonds is 5. The zero-order valence-corrected chi connectivity index (χ0v) is 15.0. The molecular weight excluding hydrogens is 368 g/mol. The molecule has 1 aromatic heterocycles. The zero-order valence-electron chi connectivity index (χ0n) is 15.0. The average Bonchev–Trinajstić information content (AvgIpc) is 2.92. The number of carbonyl (C=O) groups excluding carboxylic acids is 3. The molecule has 2 aromatic rings. The number of nitrogens with zero attached hydrogens (tertiary/aromatic N) is 2. The van der Waals surface area contributed by atoms with E-state index in [0.717, 1.165) is 6.07 Å². The SMILES string of the molecule is CCOC(=O)C1(C)C(=O)Nc2cc(NC(=O)c3ccncc3)c([N+](=O)[O-])cc21. The van der Waals surface area contributed by atoms with Gasteiger partial charge in [0, 0.05) is 35.3 Å². The van der Waals surface area contributed by atoms with Gasteiger partial charge >= 0.3 is 5.97 Å². The van der Waals surface area contributed by atoms with E-state index >= 15 is 0 Å². The van der Waals surface area contributed by atoms with Crippen molar-refractivity contribution >= 4 is 34.8 Å². The van der Waals surface area contributed by atoms with Crippen LogP contribution in [0.5, 0.6) is 0 Å². The van der Waals surface area contributed by atoms with E-state index in [2.05, 4.69) is 15.6 Å². The van der Waals surface area contributed by atoms with Gasteiger partial charge in [0.25, 0.3) is 11.6 Å². The molecule has 10 heteroatoms. The number of esters is 1. The Morgan fingerprint density at radius 3 is 2.61 bits per heavy atom. The summed E-state index contributed by atoms with van der Waals surface area (Å²) in [6, 6.07) is 5.27. The van der Waals surface area contributed by atoms with Crippen molar-refractivity contribution in [1.82, 2.24) is 4.98 Å². The maximum atomic E-state index is 12.4. The monoisotopic (exact) mass is 384 g/mol. The molecular formula is C18H16N4O6. The summed E-state index contributed by atoms with van der Waals surface area (Å²) in [6.45, 7) is 2.99. The van der Waals surface area contributed by atoms with Crippen LogP contribution in [0.4, 0.5) is 17.1 Å². The quantitative estimate of drug-likeness (QED) is 0.348. The highest BCUT2D eigenvalue weighted by Crippen LogP contribution is 2.43. The van der Waals surface area contributed by atoms with Crippen molar-refractivity contribution in [3.8, 4) is 0 Å². The molecule has 0 saturated carbocycles. The van der Waals surface area contributed by atoms with Crippen molar-refractivity contribution in [3.63, 3.8) is 0 Å². The Balaban J connectivity index is 2.05.